The van der Waals surface area contributed by atoms with Gasteiger partial charge in [0.05, 0.1) is 0 Å². The Kier molecular flexibility index (Phi) is 3.76. The third kappa shape index (κ3) is 2.16. The zero-order valence-electron chi connectivity index (χ0n) is 16.7. The zero-order chi connectivity index (χ0) is 17.4. The van der Waals surface area contributed by atoms with Crippen molar-refractivity contribution in [3.05, 3.63) is 0 Å². The molecule has 0 saturated heterocycles. The number of carbonyl (C=O) groups is 1. The lowest BCUT2D eigenvalue weighted by molar-refractivity contribution is -0.178. The maximum Gasteiger partial charge on any atom is 0.136 e. The van der Waals surface area contributed by atoms with E-state index in [0.29, 0.717) is 28.4 Å². The molecule has 5 aliphatic rings. The lowest BCUT2D eigenvalue weighted by Gasteiger charge is -2.66. The number of rotatable bonds is 0. The zero-order valence-corrected chi connectivity index (χ0v) is 16.7. The second kappa shape index (κ2) is 5.59. The van der Waals surface area contributed by atoms with Crippen molar-refractivity contribution < 1.29 is 4.79 Å². The minimum atomic E-state index is 0.326. The Labute approximate surface area is 154 Å². The number of hydrogen-bond acceptors (Lipinski definition) is 1. The van der Waals surface area contributed by atoms with Crippen LogP contribution in [0.2, 0.25) is 0 Å². The molecule has 0 bridgehead atoms. The Bertz CT molecular complexity index is 566. The van der Waals surface area contributed by atoms with Crippen LogP contribution in [0.15, 0.2) is 0 Å². The van der Waals surface area contributed by atoms with E-state index in [1.165, 1.54) is 64.2 Å². The number of Topliss-reactive ketones (excluding diaryl/α,β-unsaturated/α-hetero) is 1. The van der Waals surface area contributed by atoms with E-state index in [4.69, 9.17) is 0 Å². The van der Waals surface area contributed by atoms with Crippen molar-refractivity contribution in [1.29, 1.82) is 0 Å². The summed E-state index contributed by atoms with van der Waals surface area (Å²) in [5.74, 6) is 6.65. The molecule has 25 heavy (non-hydrogen) atoms. The van der Waals surface area contributed by atoms with Crippen LogP contribution < -0.4 is 0 Å². The van der Waals surface area contributed by atoms with Crippen molar-refractivity contribution in [2.75, 3.05) is 0 Å². The maximum atomic E-state index is 12.4. The van der Waals surface area contributed by atoms with Crippen LogP contribution in [0.5, 0.6) is 0 Å². The lowest BCUT2D eigenvalue weighted by atomic mass is 9.38. The van der Waals surface area contributed by atoms with Gasteiger partial charge in [0, 0.05) is 12.3 Å². The summed E-state index contributed by atoms with van der Waals surface area (Å²) < 4.78 is 0. The largest absolute Gasteiger partial charge is 0.299 e. The normalized spacial score (nSPS) is 58.0. The molecule has 5 aliphatic carbocycles. The molecule has 0 radical (unpaired) electrons. The van der Waals surface area contributed by atoms with Crippen LogP contribution in [-0.4, -0.2) is 5.78 Å². The smallest absolute Gasteiger partial charge is 0.136 e. The van der Waals surface area contributed by atoms with Crippen LogP contribution in [0, 0.1) is 52.3 Å². The van der Waals surface area contributed by atoms with Gasteiger partial charge in [-0.1, -0.05) is 33.6 Å². The topological polar surface area (TPSA) is 17.1 Å². The summed E-state index contributed by atoms with van der Waals surface area (Å²) in [7, 11) is 0. The predicted molar refractivity (Wildman–Crippen MR) is 102 cm³/mol. The van der Waals surface area contributed by atoms with Gasteiger partial charge in [-0.05, 0) is 97.7 Å². The van der Waals surface area contributed by atoms with Crippen LogP contribution in [0.3, 0.4) is 0 Å². The standard InChI is InChI=1S/C24H38O/c1-15-19-11-13-24(3)20-9-7-16-5-4-6-17(16)18(20)8-10-22(24)23(19,2)14-12-21(15)25/h15-20,22H,4-14H2,1-3H3/t15-,16?,17?,18?,19?,20?,22?,23?,24?/m1/s1. The van der Waals surface area contributed by atoms with Gasteiger partial charge < -0.3 is 0 Å². The number of carbonyl (C=O) groups excluding carboxylic acids is 1. The second-order valence-electron chi connectivity index (χ2n) is 11.2. The minimum Gasteiger partial charge on any atom is -0.299 e. The van der Waals surface area contributed by atoms with Gasteiger partial charge in [-0.15, -0.1) is 0 Å². The fourth-order valence-corrected chi connectivity index (χ4v) is 9.60. The van der Waals surface area contributed by atoms with Crippen molar-refractivity contribution in [2.45, 2.75) is 91.4 Å². The molecule has 0 aromatic heterocycles. The van der Waals surface area contributed by atoms with Gasteiger partial charge in [0.25, 0.3) is 0 Å². The summed E-state index contributed by atoms with van der Waals surface area (Å²) in [6, 6.07) is 0. The van der Waals surface area contributed by atoms with Crippen LogP contribution in [0.4, 0.5) is 0 Å². The molecule has 5 fully saturated rings. The molecule has 140 valence electrons. The van der Waals surface area contributed by atoms with Gasteiger partial charge in [-0.3, -0.25) is 4.79 Å². The Morgan fingerprint density at radius 3 is 2.44 bits per heavy atom. The number of ketones is 1. The molecule has 0 N–H and O–H groups in total. The molecule has 0 spiro atoms. The fourth-order valence-electron chi connectivity index (χ4n) is 9.60. The van der Waals surface area contributed by atoms with Crippen LogP contribution >= 0.6 is 0 Å². The van der Waals surface area contributed by atoms with E-state index in [2.05, 4.69) is 20.8 Å². The molecule has 0 heterocycles. The molecule has 8 unspecified atom stereocenters. The summed E-state index contributed by atoms with van der Waals surface area (Å²) in [5, 5.41) is 0. The maximum absolute atomic E-state index is 12.4. The quantitative estimate of drug-likeness (QED) is 0.508. The SMILES string of the molecule is C[C@H]1C(=O)CCC2(C)C1CCC1(C)C3CCC4CCCC4C3CCC12. The van der Waals surface area contributed by atoms with E-state index in [0.717, 1.165) is 36.0 Å². The van der Waals surface area contributed by atoms with Crippen LogP contribution in [0.25, 0.3) is 0 Å². The van der Waals surface area contributed by atoms with Gasteiger partial charge in [0.15, 0.2) is 0 Å². The van der Waals surface area contributed by atoms with Crippen LogP contribution in [-0.2, 0) is 4.79 Å². The van der Waals surface area contributed by atoms with Crippen LogP contribution in [0.1, 0.15) is 91.4 Å². The molecular weight excluding hydrogens is 304 g/mol. The first-order valence-corrected chi connectivity index (χ1v) is 11.5. The number of fused-ring (bicyclic) bond motifs is 7. The fraction of sp³-hybridized carbons (Fsp3) is 0.958. The molecule has 9 atom stereocenters. The first-order chi connectivity index (χ1) is 11.9. The molecule has 5 saturated carbocycles. The molecular formula is C24H38O. The van der Waals surface area contributed by atoms with Gasteiger partial charge in [-0.25, -0.2) is 0 Å². The highest BCUT2D eigenvalue weighted by atomic mass is 16.1. The van der Waals surface area contributed by atoms with Crippen molar-refractivity contribution in [1.82, 2.24) is 0 Å². The van der Waals surface area contributed by atoms with Gasteiger partial charge in [0.1, 0.15) is 5.78 Å². The lowest BCUT2D eigenvalue weighted by Crippen LogP contribution is -2.60. The summed E-state index contributed by atoms with van der Waals surface area (Å²) in [4.78, 5) is 12.4. The first-order valence-electron chi connectivity index (χ1n) is 11.5. The first kappa shape index (κ1) is 16.8. The highest BCUT2D eigenvalue weighted by Crippen LogP contribution is 2.69. The predicted octanol–water partition coefficient (Wildman–Crippen LogP) is 6.26. The second-order valence-corrected chi connectivity index (χ2v) is 11.2. The average Bonchev–Trinajstić information content (AvgIpc) is 3.07. The van der Waals surface area contributed by atoms with E-state index in [9.17, 15) is 4.79 Å². The molecule has 5 rings (SSSR count). The average molecular weight is 343 g/mol. The van der Waals surface area contributed by atoms with Crippen molar-refractivity contribution in [3.8, 4) is 0 Å². The van der Waals surface area contributed by atoms with Gasteiger partial charge in [0.2, 0.25) is 0 Å². The van der Waals surface area contributed by atoms with Crippen molar-refractivity contribution >= 4 is 5.78 Å². The van der Waals surface area contributed by atoms with Gasteiger partial charge in [-0.2, -0.15) is 0 Å². The summed E-state index contributed by atoms with van der Waals surface area (Å²) >= 11 is 0. The summed E-state index contributed by atoms with van der Waals surface area (Å²) in [5.41, 5.74) is 1.01. The van der Waals surface area contributed by atoms with Crippen molar-refractivity contribution in [3.63, 3.8) is 0 Å². The summed E-state index contributed by atoms with van der Waals surface area (Å²) in [6.45, 7) is 7.55. The molecule has 1 heteroatoms. The molecule has 0 amide bonds. The summed E-state index contributed by atoms with van der Waals surface area (Å²) in [6.07, 6.45) is 15.4. The van der Waals surface area contributed by atoms with Gasteiger partial charge >= 0.3 is 0 Å². The van der Waals surface area contributed by atoms with E-state index < -0.39 is 0 Å². The molecule has 0 aliphatic heterocycles. The van der Waals surface area contributed by atoms with E-state index in [-0.39, 0.29) is 0 Å². The Hall–Kier alpha value is -0.330. The Morgan fingerprint density at radius 2 is 1.60 bits per heavy atom. The minimum absolute atomic E-state index is 0.326. The Morgan fingerprint density at radius 1 is 0.800 bits per heavy atom. The monoisotopic (exact) mass is 342 g/mol. The van der Waals surface area contributed by atoms with Crippen molar-refractivity contribution in [2.24, 2.45) is 52.3 Å². The Balaban J connectivity index is 1.47. The third-order valence-corrected chi connectivity index (χ3v) is 10.7. The molecule has 0 aromatic rings. The van der Waals surface area contributed by atoms with E-state index in [1.807, 2.05) is 0 Å². The van der Waals surface area contributed by atoms with E-state index in [1.54, 1.807) is 0 Å². The highest BCUT2D eigenvalue weighted by Gasteiger charge is 2.62. The molecule has 0 aromatic carbocycles. The number of hydrogen-bond donors (Lipinski definition) is 0. The molecule has 1 nitrogen and oxygen atoms in total. The third-order valence-electron chi connectivity index (χ3n) is 10.7. The highest BCUT2D eigenvalue weighted by molar-refractivity contribution is 5.82. The van der Waals surface area contributed by atoms with E-state index >= 15 is 0 Å².